The number of fused-ring (bicyclic) bond motifs is 1. The molecule has 0 saturated carbocycles. The first-order valence-electron chi connectivity index (χ1n) is 19.8. The van der Waals surface area contributed by atoms with Crippen molar-refractivity contribution < 1.29 is 48.6 Å². The van der Waals surface area contributed by atoms with Crippen molar-refractivity contribution in [1.82, 2.24) is 36.9 Å². The Balaban J connectivity index is 1.83. The predicted octanol–water partition coefficient (Wildman–Crippen LogP) is 1.74. The fourth-order valence-corrected chi connectivity index (χ4v) is 6.48. The summed E-state index contributed by atoms with van der Waals surface area (Å²) in [5.74, 6) is -7.06. The van der Waals surface area contributed by atoms with Gasteiger partial charge in [0.15, 0.2) is 5.78 Å². The number of benzene rings is 2. The first-order chi connectivity index (χ1) is 28.0. The molecule has 0 bridgehead atoms. The number of hydrogen-bond acceptors (Lipinski definition) is 9. The number of nitrogens with one attached hydrogen (secondary N) is 7. The van der Waals surface area contributed by atoms with E-state index >= 15 is 0 Å². The van der Waals surface area contributed by atoms with Crippen molar-refractivity contribution in [2.24, 2.45) is 5.92 Å². The van der Waals surface area contributed by atoms with Gasteiger partial charge in [-0.1, -0.05) is 83.1 Å². The number of aromatic amines is 1. The molecule has 0 fully saturated rings. The van der Waals surface area contributed by atoms with Crippen molar-refractivity contribution in [1.29, 1.82) is 0 Å². The van der Waals surface area contributed by atoms with Gasteiger partial charge in [-0.05, 0) is 42.4 Å². The number of carboxylic acids is 2. The number of aromatic nitrogens is 1. The summed E-state index contributed by atoms with van der Waals surface area (Å²) in [5, 5.41) is 35.4. The summed E-state index contributed by atoms with van der Waals surface area (Å²) >= 11 is 0. The number of ketones is 1. The maximum Gasteiger partial charge on any atom is 0.305 e. The zero-order valence-electron chi connectivity index (χ0n) is 34.1. The van der Waals surface area contributed by atoms with E-state index in [4.69, 9.17) is 5.11 Å². The van der Waals surface area contributed by atoms with Gasteiger partial charge in [-0.3, -0.25) is 38.4 Å². The number of carbonyl (C=O) groups excluding carboxylic acids is 6. The van der Waals surface area contributed by atoms with E-state index in [0.29, 0.717) is 6.42 Å². The zero-order chi connectivity index (χ0) is 43.6. The van der Waals surface area contributed by atoms with E-state index < -0.39 is 90.4 Å². The standard InChI is InChI=1S/C42H57N7O10/c1-6-35(50)30(16-17-37(52)53)46-36(51)23-44-39(56)34(21-38(54)55)49-40(57)31(18-24(2)3)47-42(59)33(20-27-22-43-29-15-11-10-14-28(27)29)48-41(58)32(45-25(4)5)19-26-12-8-7-9-13-26/h7-15,22,24-25,30-34,43,45H,6,16-21,23H2,1-5H3,(H,44,56)(H,46,51)(H,47,59)(H,48,58)(H,49,57)(H,52,53)(H,54,55)/t30-,31-,32-,33-,34-/m0/s1. The molecule has 5 amide bonds. The van der Waals surface area contributed by atoms with E-state index in [9.17, 15) is 43.5 Å². The van der Waals surface area contributed by atoms with Gasteiger partial charge in [0.25, 0.3) is 0 Å². The minimum absolute atomic E-state index is 0.0258. The second kappa shape index (κ2) is 23.3. The topological polar surface area (TPSA) is 265 Å². The molecule has 0 aliphatic heterocycles. The zero-order valence-corrected chi connectivity index (χ0v) is 34.1. The molecule has 1 heterocycles. The second-order valence-electron chi connectivity index (χ2n) is 15.1. The van der Waals surface area contributed by atoms with Crippen LogP contribution in [0.1, 0.15) is 77.8 Å². The second-order valence-corrected chi connectivity index (χ2v) is 15.1. The van der Waals surface area contributed by atoms with Gasteiger partial charge in [-0.2, -0.15) is 0 Å². The van der Waals surface area contributed by atoms with Crippen LogP contribution in [0.4, 0.5) is 0 Å². The molecule has 3 rings (SSSR count). The van der Waals surface area contributed by atoms with Crippen molar-refractivity contribution in [3.63, 3.8) is 0 Å². The Morgan fingerprint density at radius 1 is 0.661 bits per heavy atom. The van der Waals surface area contributed by atoms with Crippen LogP contribution in [0.2, 0.25) is 0 Å². The van der Waals surface area contributed by atoms with Crippen LogP contribution in [0.5, 0.6) is 0 Å². The lowest BCUT2D eigenvalue weighted by atomic mass is 9.99. The molecule has 0 aliphatic rings. The van der Waals surface area contributed by atoms with Crippen LogP contribution >= 0.6 is 0 Å². The maximum absolute atomic E-state index is 14.2. The smallest absolute Gasteiger partial charge is 0.305 e. The molecule has 59 heavy (non-hydrogen) atoms. The van der Waals surface area contributed by atoms with Crippen LogP contribution in [-0.2, 0) is 51.2 Å². The molecular weight excluding hydrogens is 763 g/mol. The summed E-state index contributed by atoms with van der Waals surface area (Å²) in [4.78, 5) is 106. The first-order valence-corrected chi connectivity index (χ1v) is 19.8. The van der Waals surface area contributed by atoms with Gasteiger partial charge in [-0.15, -0.1) is 0 Å². The van der Waals surface area contributed by atoms with E-state index in [2.05, 4.69) is 36.9 Å². The SMILES string of the molecule is CCC(=O)[C@H](CCC(=O)O)NC(=O)CNC(=O)[C@H](CC(=O)O)NC(=O)[C@H](CC(C)C)NC(=O)[C@H](Cc1c[nH]c2ccccc12)NC(=O)[C@H](Cc1ccccc1)NC(C)C. The molecule has 320 valence electrons. The molecule has 0 aliphatic carbocycles. The third-order valence-corrected chi connectivity index (χ3v) is 9.36. The maximum atomic E-state index is 14.2. The van der Waals surface area contributed by atoms with Crippen molar-refractivity contribution >= 4 is 58.2 Å². The molecule has 2 aromatic carbocycles. The fraction of sp³-hybridized carbons (Fsp3) is 0.476. The summed E-state index contributed by atoms with van der Waals surface area (Å²) in [5.41, 5.74) is 2.46. The average molecular weight is 820 g/mol. The van der Waals surface area contributed by atoms with Gasteiger partial charge in [-0.25, -0.2) is 0 Å². The largest absolute Gasteiger partial charge is 0.481 e. The Bertz CT molecular complexity index is 1930. The van der Waals surface area contributed by atoms with Crippen LogP contribution < -0.4 is 31.9 Å². The van der Waals surface area contributed by atoms with Crippen molar-refractivity contribution in [2.75, 3.05) is 6.54 Å². The van der Waals surface area contributed by atoms with E-state index in [1.165, 1.54) is 0 Å². The minimum atomic E-state index is -1.68. The van der Waals surface area contributed by atoms with Crippen molar-refractivity contribution in [2.45, 2.75) is 116 Å². The number of amides is 5. The molecule has 0 radical (unpaired) electrons. The number of aliphatic carboxylic acids is 2. The van der Waals surface area contributed by atoms with Crippen LogP contribution in [-0.4, -0.2) is 105 Å². The highest BCUT2D eigenvalue weighted by atomic mass is 16.4. The molecular formula is C42H57N7O10. The Hall–Kier alpha value is -6.10. The Labute approximate surface area is 343 Å². The number of carbonyl (C=O) groups is 8. The van der Waals surface area contributed by atoms with Gasteiger partial charge in [0.05, 0.1) is 25.0 Å². The number of para-hydroxylation sites is 1. The van der Waals surface area contributed by atoms with Gasteiger partial charge in [0, 0.05) is 42.4 Å². The number of H-pyrrole nitrogens is 1. The van der Waals surface area contributed by atoms with Gasteiger partial charge >= 0.3 is 11.9 Å². The van der Waals surface area contributed by atoms with Crippen molar-refractivity contribution in [3.05, 3.63) is 71.9 Å². The van der Waals surface area contributed by atoms with Crippen molar-refractivity contribution in [3.8, 4) is 0 Å². The highest BCUT2D eigenvalue weighted by Crippen LogP contribution is 2.20. The Morgan fingerprint density at radius 2 is 1.27 bits per heavy atom. The Kier molecular flexibility index (Phi) is 18.7. The van der Waals surface area contributed by atoms with E-state index in [1.54, 1.807) is 27.0 Å². The molecule has 3 aromatic rings. The fourth-order valence-electron chi connectivity index (χ4n) is 6.48. The number of carboxylic acid groups (broad SMARTS) is 2. The highest BCUT2D eigenvalue weighted by Gasteiger charge is 2.33. The number of hydrogen-bond donors (Lipinski definition) is 9. The average Bonchev–Trinajstić information content (AvgIpc) is 3.59. The van der Waals surface area contributed by atoms with Gasteiger partial charge in [0.1, 0.15) is 18.1 Å². The lowest BCUT2D eigenvalue weighted by Crippen LogP contribution is -2.59. The van der Waals surface area contributed by atoms with Gasteiger partial charge < -0.3 is 47.1 Å². The van der Waals surface area contributed by atoms with Gasteiger partial charge in [0.2, 0.25) is 29.5 Å². The normalized spacial score (nSPS) is 13.7. The monoisotopic (exact) mass is 819 g/mol. The predicted molar refractivity (Wildman–Crippen MR) is 219 cm³/mol. The van der Waals surface area contributed by atoms with Crippen LogP contribution in [0, 0.1) is 5.92 Å². The van der Waals surface area contributed by atoms with Crippen LogP contribution in [0.3, 0.4) is 0 Å². The molecule has 0 spiro atoms. The quantitative estimate of drug-likeness (QED) is 0.0595. The molecule has 17 heteroatoms. The first kappa shape index (κ1) is 47.3. The third-order valence-electron chi connectivity index (χ3n) is 9.36. The molecule has 0 saturated heterocycles. The van der Waals surface area contributed by atoms with Crippen LogP contribution in [0.25, 0.3) is 10.9 Å². The minimum Gasteiger partial charge on any atom is -0.481 e. The summed E-state index contributed by atoms with van der Waals surface area (Å²) in [6, 6.07) is 10.8. The summed E-state index contributed by atoms with van der Waals surface area (Å²) in [6.45, 7) is 8.25. The van der Waals surface area contributed by atoms with E-state index in [0.717, 1.165) is 22.0 Å². The molecule has 9 N–H and O–H groups in total. The molecule has 17 nitrogen and oxygen atoms in total. The summed E-state index contributed by atoms with van der Waals surface area (Å²) < 4.78 is 0. The highest BCUT2D eigenvalue weighted by molar-refractivity contribution is 5.97. The summed E-state index contributed by atoms with van der Waals surface area (Å²) in [6.07, 6.45) is 0.800. The number of Topliss-reactive ketones (excluding diaryl/α,β-unsaturated/α-hetero) is 1. The molecule has 5 atom stereocenters. The van der Waals surface area contributed by atoms with Crippen LogP contribution in [0.15, 0.2) is 60.8 Å². The molecule has 0 unspecified atom stereocenters. The summed E-state index contributed by atoms with van der Waals surface area (Å²) in [7, 11) is 0. The Morgan fingerprint density at radius 3 is 1.90 bits per heavy atom. The lowest BCUT2D eigenvalue weighted by molar-refractivity contribution is -0.141. The molecule has 1 aromatic heterocycles. The van der Waals surface area contributed by atoms with E-state index in [1.807, 2.05) is 68.4 Å². The lowest BCUT2D eigenvalue weighted by Gasteiger charge is -2.27. The third kappa shape index (κ3) is 16.0. The number of rotatable bonds is 25. The van der Waals surface area contributed by atoms with E-state index in [-0.39, 0.29) is 44.1 Å².